The van der Waals surface area contributed by atoms with Crippen molar-refractivity contribution in [2.75, 3.05) is 0 Å². The smallest absolute Gasteiger partial charge is 0.232 e. The summed E-state index contributed by atoms with van der Waals surface area (Å²) in [6, 6.07) is 9.37. The highest BCUT2D eigenvalue weighted by Crippen LogP contribution is 2.10. The molecule has 11 heavy (non-hydrogen) atoms. The van der Waals surface area contributed by atoms with E-state index in [2.05, 4.69) is 0 Å². The van der Waals surface area contributed by atoms with Gasteiger partial charge < -0.3 is 0 Å². The topological polar surface area (TPSA) is 43.1 Å². The van der Waals surface area contributed by atoms with Gasteiger partial charge in [0.05, 0.1) is 5.75 Å². The summed E-state index contributed by atoms with van der Waals surface area (Å²) >= 11 is 0.707. The van der Waals surface area contributed by atoms with E-state index in [-0.39, 0.29) is 4.33 Å². The second kappa shape index (κ2) is 3.98. The predicted octanol–water partition coefficient (Wildman–Crippen LogP) is 2.11. The molecule has 0 saturated carbocycles. The molecule has 0 amide bonds. The molecule has 0 saturated heterocycles. The van der Waals surface area contributed by atoms with E-state index in [1.807, 2.05) is 30.3 Å². The molecule has 0 heterocycles. The maximum atomic E-state index is 9.94. The van der Waals surface area contributed by atoms with Crippen LogP contribution in [0.25, 0.3) is 0 Å². The Kier molecular flexibility index (Phi) is 2.92. The first-order valence-corrected chi connectivity index (χ1v) is 4.04. The molecule has 0 N–H and O–H groups in total. The molecule has 3 nitrogen and oxygen atoms in total. The minimum Gasteiger partial charge on any atom is -0.251 e. The van der Waals surface area contributed by atoms with Crippen molar-refractivity contribution in [3.63, 3.8) is 0 Å². The third-order valence-corrected chi connectivity index (χ3v) is 1.85. The van der Waals surface area contributed by atoms with Crippen molar-refractivity contribution in [2.45, 2.75) is 5.75 Å². The Morgan fingerprint density at radius 2 is 2.00 bits per heavy atom. The molecule has 0 aromatic heterocycles. The molecule has 0 aliphatic carbocycles. The van der Waals surface area contributed by atoms with Gasteiger partial charge >= 0.3 is 0 Å². The van der Waals surface area contributed by atoms with Crippen LogP contribution >= 0.6 is 11.9 Å². The van der Waals surface area contributed by atoms with Crippen molar-refractivity contribution in [1.29, 1.82) is 0 Å². The highest BCUT2D eigenvalue weighted by Gasteiger charge is 2.00. The fraction of sp³-hybridized carbons (Fsp3) is 0.143. The summed E-state index contributed by atoms with van der Waals surface area (Å²) in [5, 5.41) is 9.94. The molecule has 0 bridgehead atoms. The highest BCUT2D eigenvalue weighted by molar-refractivity contribution is 7.92. The summed E-state index contributed by atoms with van der Waals surface area (Å²) in [6.07, 6.45) is 0. The lowest BCUT2D eigenvalue weighted by atomic mass is 10.2. The zero-order chi connectivity index (χ0) is 8.10. The summed E-state index contributed by atoms with van der Waals surface area (Å²) < 4.78 is -0.382. The van der Waals surface area contributed by atoms with Gasteiger partial charge in [-0.05, 0) is 5.56 Å². The van der Waals surface area contributed by atoms with E-state index in [0.717, 1.165) is 5.56 Å². The molecule has 1 aromatic rings. The van der Waals surface area contributed by atoms with Crippen LogP contribution in [-0.4, -0.2) is 4.33 Å². The Morgan fingerprint density at radius 3 is 2.55 bits per heavy atom. The minimum atomic E-state index is -0.382. The molecule has 0 fully saturated rings. The number of nitro groups is 1. The Labute approximate surface area is 68.7 Å². The SMILES string of the molecule is O=[N+]([O-])SCc1ccccc1. The van der Waals surface area contributed by atoms with Crippen LogP contribution in [0.15, 0.2) is 30.3 Å². The summed E-state index contributed by atoms with van der Waals surface area (Å²) in [5.41, 5.74) is 0.981. The van der Waals surface area contributed by atoms with Crippen molar-refractivity contribution < 1.29 is 4.33 Å². The van der Waals surface area contributed by atoms with E-state index in [4.69, 9.17) is 0 Å². The number of nitrogens with zero attached hydrogens (tertiary/aromatic N) is 1. The van der Waals surface area contributed by atoms with Crippen LogP contribution < -0.4 is 0 Å². The van der Waals surface area contributed by atoms with E-state index in [1.54, 1.807) is 0 Å². The zero-order valence-corrected chi connectivity index (χ0v) is 6.58. The van der Waals surface area contributed by atoms with E-state index in [9.17, 15) is 10.1 Å². The lowest BCUT2D eigenvalue weighted by molar-refractivity contribution is -0.284. The maximum absolute atomic E-state index is 9.94. The molecule has 0 aliphatic rings. The monoisotopic (exact) mass is 169 g/mol. The molecule has 0 spiro atoms. The van der Waals surface area contributed by atoms with E-state index < -0.39 is 0 Å². The van der Waals surface area contributed by atoms with Gasteiger partial charge in [0.1, 0.15) is 4.33 Å². The van der Waals surface area contributed by atoms with Gasteiger partial charge in [-0.15, -0.1) is 0 Å². The Hall–Kier alpha value is -1.03. The maximum Gasteiger partial charge on any atom is 0.232 e. The van der Waals surface area contributed by atoms with E-state index >= 15 is 0 Å². The van der Waals surface area contributed by atoms with Gasteiger partial charge in [0.25, 0.3) is 0 Å². The Morgan fingerprint density at radius 1 is 1.36 bits per heavy atom. The molecular formula is C7H7NO2S. The second-order valence-electron chi connectivity index (χ2n) is 1.98. The average Bonchev–Trinajstić information content (AvgIpc) is 2.03. The minimum absolute atomic E-state index is 0.382. The lowest BCUT2D eigenvalue weighted by Gasteiger charge is -1.91. The predicted molar refractivity (Wildman–Crippen MR) is 44.7 cm³/mol. The van der Waals surface area contributed by atoms with Gasteiger partial charge in [-0.25, -0.2) is 0 Å². The van der Waals surface area contributed by atoms with Gasteiger partial charge in [0, 0.05) is 0 Å². The van der Waals surface area contributed by atoms with Gasteiger partial charge in [-0.3, -0.25) is 10.1 Å². The van der Waals surface area contributed by atoms with E-state index in [1.165, 1.54) is 0 Å². The zero-order valence-electron chi connectivity index (χ0n) is 5.77. The normalized spacial score (nSPS) is 9.45. The largest absolute Gasteiger partial charge is 0.251 e. The van der Waals surface area contributed by atoms with Crippen LogP contribution in [0, 0.1) is 10.1 Å². The molecule has 1 aromatic carbocycles. The molecule has 1 rings (SSSR count). The number of hydrogen-bond donors (Lipinski definition) is 0. The first-order valence-electron chi connectivity index (χ1n) is 3.10. The molecular weight excluding hydrogens is 162 g/mol. The molecule has 58 valence electrons. The van der Waals surface area contributed by atoms with Crippen LogP contribution in [0.3, 0.4) is 0 Å². The second-order valence-corrected chi connectivity index (χ2v) is 2.83. The Bertz CT molecular complexity index is 237. The first kappa shape index (κ1) is 8.07. The lowest BCUT2D eigenvalue weighted by Crippen LogP contribution is -1.85. The quantitative estimate of drug-likeness (QED) is 0.395. The fourth-order valence-electron chi connectivity index (χ4n) is 0.701. The van der Waals surface area contributed by atoms with Gasteiger partial charge in [-0.1, -0.05) is 30.3 Å². The van der Waals surface area contributed by atoms with Crippen molar-refractivity contribution in [1.82, 2.24) is 0 Å². The molecule has 4 heteroatoms. The third-order valence-electron chi connectivity index (χ3n) is 1.18. The van der Waals surface area contributed by atoms with Crippen molar-refractivity contribution >= 4 is 11.9 Å². The third kappa shape index (κ3) is 3.04. The van der Waals surface area contributed by atoms with Gasteiger partial charge in [0.2, 0.25) is 11.9 Å². The van der Waals surface area contributed by atoms with Crippen LogP contribution in [0.4, 0.5) is 0 Å². The van der Waals surface area contributed by atoms with Gasteiger partial charge in [0.15, 0.2) is 0 Å². The van der Waals surface area contributed by atoms with Crippen molar-refractivity contribution in [3.05, 3.63) is 46.0 Å². The molecule has 0 atom stereocenters. The van der Waals surface area contributed by atoms with Crippen LogP contribution in [0.2, 0.25) is 0 Å². The highest BCUT2D eigenvalue weighted by atomic mass is 32.2. The first-order chi connectivity index (χ1) is 5.29. The number of rotatable bonds is 3. The molecule has 0 radical (unpaired) electrons. The fourth-order valence-corrected chi connectivity index (χ4v) is 1.15. The van der Waals surface area contributed by atoms with E-state index in [0.29, 0.717) is 17.7 Å². The Balaban J connectivity index is 2.45. The van der Waals surface area contributed by atoms with Gasteiger partial charge in [-0.2, -0.15) is 0 Å². The summed E-state index contributed by atoms with van der Waals surface area (Å²) in [4.78, 5) is 9.94. The molecule has 0 unspecified atom stereocenters. The van der Waals surface area contributed by atoms with Crippen LogP contribution in [0.1, 0.15) is 5.56 Å². The van der Waals surface area contributed by atoms with Crippen LogP contribution in [0.5, 0.6) is 0 Å². The standard InChI is InChI=1S/C7H7NO2S/c9-8(10)11-6-7-4-2-1-3-5-7/h1-5H,6H2. The van der Waals surface area contributed by atoms with Crippen LogP contribution in [-0.2, 0) is 5.75 Å². The molecule has 0 aliphatic heterocycles. The number of hydrogen-bond acceptors (Lipinski definition) is 3. The van der Waals surface area contributed by atoms with Crippen molar-refractivity contribution in [2.24, 2.45) is 0 Å². The number of benzene rings is 1. The van der Waals surface area contributed by atoms with Crippen molar-refractivity contribution in [3.8, 4) is 0 Å². The summed E-state index contributed by atoms with van der Waals surface area (Å²) in [7, 11) is 0. The summed E-state index contributed by atoms with van der Waals surface area (Å²) in [5.74, 6) is 0.438. The average molecular weight is 169 g/mol. The summed E-state index contributed by atoms with van der Waals surface area (Å²) in [6.45, 7) is 0.